The maximum absolute atomic E-state index is 14.2. The van der Waals surface area contributed by atoms with Crippen molar-refractivity contribution >= 4 is 57.6 Å². The summed E-state index contributed by atoms with van der Waals surface area (Å²) in [5.74, 6) is 1.60. The van der Waals surface area contributed by atoms with Crippen LogP contribution in [0.5, 0.6) is 23.0 Å². The van der Waals surface area contributed by atoms with Crippen molar-refractivity contribution < 1.29 is 28.5 Å². The Morgan fingerprint density at radius 1 is 1.09 bits per heavy atom. The number of nitrogens with zero attached hydrogens (tertiary/aromatic N) is 2. The fraction of sp³-hybridized carbons (Fsp3) is 0.286. The number of halogens is 2. The lowest BCUT2D eigenvalue weighted by molar-refractivity contribution is -0.139. The predicted molar refractivity (Wildman–Crippen MR) is 191 cm³/mol. The Morgan fingerprint density at radius 2 is 1.85 bits per heavy atom. The van der Waals surface area contributed by atoms with E-state index in [-0.39, 0.29) is 23.8 Å². The molecule has 5 rings (SSSR count). The van der Waals surface area contributed by atoms with Gasteiger partial charge in [0, 0.05) is 5.02 Å². The summed E-state index contributed by atoms with van der Waals surface area (Å²) < 4.78 is 31.6. The number of esters is 1. The first-order valence-electron chi connectivity index (χ1n) is 14.8. The molecule has 0 saturated carbocycles. The van der Waals surface area contributed by atoms with Crippen molar-refractivity contribution in [3.8, 4) is 23.0 Å². The summed E-state index contributed by atoms with van der Waals surface area (Å²) in [5, 5.41) is 0.632. The van der Waals surface area contributed by atoms with Crippen molar-refractivity contribution in [2.75, 3.05) is 20.8 Å². The summed E-state index contributed by atoms with van der Waals surface area (Å²) in [4.78, 5) is 32.6. The van der Waals surface area contributed by atoms with E-state index >= 15 is 0 Å². The van der Waals surface area contributed by atoms with E-state index in [4.69, 9.17) is 35.3 Å². The third-order valence-corrected chi connectivity index (χ3v) is 9.22. The number of aromatic nitrogens is 1. The Kier molecular flexibility index (Phi) is 11.0. The summed E-state index contributed by atoms with van der Waals surface area (Å²) in [6, 6.07) is 15.8. The number of methoxy groups -OCH3 is 2. The van der Waals surface area contributed by atoms with Gasteiger partial charge in [-0.05, 0) is 109 Å². The standard InChI is InChI=1S/C35H34ClIN2O7S/c1-7-44-34(41)30-20(4)38-35-39(31(30)23-11-12-26(46-19(2)3)27(17-23)42-5)33(40)29(47-35)16-22-14-25(37)32(28(15-22)43-6)45-18-21-9-8-10-24(36)13-21/h8-17,19,31H,7,18H2,1-6H3/b29-16+/t31-/m1/s1. The normalized spacial score (nSPS) is 14.5. The first-order chi connectivity index (χ1) is 22.5. The molecule has 1 aromatic heterocycles. The monoisotopic (exact) mass is 788 g/mol. The fourth-order valence-electron chi connectivity index (χ4n) is 5.21. The van der Waals surface area contributed by atoms with Crippen molar-refractivity contribution in [2.45, 2.75) is 46.4 Å². The van der Waals surface area contributed by atoms with E-state index in [9.17, 15) is 9.59 Å². The minimum absolute atomic E-state index is 0.0741. The number of benzene rings is 3. The van der Waals surface area contributed by atoms with Crippen LogP contribution in [-0.4, -0.2) is 37.5 Å². The van der Waals surface area contributed by atoms with Crippen LogP contribution in [0.15, 0.2) is 75.7 Å². The van der Waals surface area contributed by atoms with Crippen LogP contribution in [-0.2, 0) is 16.1 Å². The highest BCUT2D eigenvalue weighted by Crippen LogP contribution is 2.37. The van der Waals surface area contributed by atoms with Crippen LogP contribution >= 0.6 is 45.5 Å². The van der Waals surface area contributed by atoms with E-state index in [0.29, 0.717) is 55.2 Å². The second-order valence-electron chi connectivity index (χ2n) is 10.8. The van der Waals surface area contributed by atoms with Crippen LogP contribution in [0.2, 0.25) is 5.02 Å². The minimum Gasteiger partial charge on any atom is -0.493 e. The zero-order chi connectivity index (χ0) is 33.8. The maximum atomic E-state index is 14.2. The molecule has 1 aliphatic heterocycles. The van der Waals surface area contributed by atoms with Crippen molar-refractivity contribution in [3.05, 3.63) is 111 Å². The van der Waals surface area contributed by atoms with E-state index in [1.54, 1.807) is 46.3 Å². The quantitative estimate of drug-likeness (QED) is 0.128. The molecule has 0 fully saturated rings. The molecule has 1 aliphatic rings. The summed E-state index contributed by atoms with van der Waals surface area (Å²) >= 11 is 9.56. The number of carbonyl (C=O) groups is 1. The van der Waals surface area contributed by atoms with Gasteiger partial charge in [-0.1, -0.05) is 41.1 Å². The number of rotatable bonds is 11. The summed E-state index contributed by atoms with van der Waals surface area (Å²) in [6.07, 6.45) is 1.71. The van der Waals surface area contributed by atoms with Gasteiger partial charge in [0.2, 0.25) is 0 Å². The molecule has 1 atom stereocenters. The molecule has 0 N–H and O–H groups in total. The third kappa shape index (κ3) is 7.52. The molecule has 0 radical (unpaired) electrons. The predicted octanol–water partition coefficient (Wildman–Crippen LogP) is 6.44. The third-order valence-electron chi connectivity index (χ3n) is 7.20. The molecule has 0 unspecified atom stereocenters. The van der Waals surface area contributed by atoms with Crippen LogP contribution in [0.25, 0.3) is 6.08 Å². The maximum Gasteiger partial charge on any atom is 0.338 e. The molecule has 9 nitrogen and oxygen atoms in total. The summed E-state index contributed by atoms with van der Waals surface area (Å²) in [5.41, 5.74) is 2.77. The zero-order valence-corrected chi connectivity index (χ0v) is 30.5. The Morgan fingerprint density at radius 3 is 2.53 bits per heavy atom. The smallest absolute Gasteiger partial charge is 0.338 e. The number of hydrogen-bond donors (Lipinski definition) is 0. The average Bonchev–Trinajstić information content (AvgIpc) is 3.33. The first kappa shape index (κ1) is 34.5. The van der Waals surface area contributed by atoms with Gasteiger partial charge in [-0.25, -0.2) is 9.79 Å². The second-order valence-corrected chi connectivity index (χ2v) is 13.4. The van der Waals surface area contributed by atoms with Crippen LogP contribution in [0, 0.1) is 3.57 Å². The second kappa shape index (κ2) is 15.0. The van der Waals surface area contributed by atoms with Gasteiger partial charge in [0.1, 0.15) is 6.61 Å². The fourth-order valence-corrected chi connectivity index (χ4v) is 7.25. The SMILES string of the molecule is CCOC(=O)C1=C(C)N=c2s/c(=C/c3cc(I)c(OCc4cccc(Cl)c4)c(OC)c3)c(=O)n2[C@@H]1c1ccc(OC(C)C)c(OC)c1. The molecular weight excluding hydrogens is 755 g/mol. The molecule has 4 aromatic rings. The Bertz CT molecular complexity index is 2040. The Labute approximate surface area is 295 Å². The van der Waals surface area contributed by atoms with Crippen LogP contribution in [0.1, 0.15) is 50.4 Å². The van der Waals surface area contributed by atoms with E-state index in [1.807, 2.05) is 56.3 Å². The highest BCUT2D eigenvalue weighted by molar-refractivity contribution is 14.1. The van der Waals surface area contributed by atoms with Gasteiger partial charge in [0.25, 0.3) is 5.56 Å². The topological polar surface area (TPSA) is 97.6 Å². The van der Waals surface area contributed by atoms with E-state index in [0.717, 1.165) is 14.7 Å². The van der Waals surface area contributed by atoms with Gasteiger partial charge in [0.05, 0.1) is 52.3 Å². The number of thiazole rings is 1. The van der Waals surface area contributed by atoms with Crippen molar-refractivity contribution in [2.24, 2.45) is 4.99 Å². The molecule has 3 aromatic carbocycles. The van der Waals surface area contributed by atoms with E-state index in [1.165, 1.54) is 15.9 Å². The number of hydrogen-bond acceptors (Lipinski definition) is 9. The summed E-state index contributed by atoms with van der Waals surface area (Å²) in [7, 11) is 3.12. The number of carbonyl (C=O) groups excluding carboxylic acids is 1. The van der Waals surface area contributed by atoms with Crippen LogP contribution in [0.3, 0.4) is 0 Å². The lowest BCUT2D eigenvalue weighted by Crippen LogP contribution is -2.40. The molecule has 0 bridgehead atoms. The summed E-state index contributed by atoms with van der Waals surface area (Å²) in [6.45, 7) is 7.82. The van der Waals surface area contributed by atoms with Crippen LogP contribution < -0.4 is 33.8 Å². The molecule has 0 aliphatic carbocycles. The average molecular weight is 789 g/mol. The molecule has 2 heterocycles. The molecule has 47 heavy (non-hydrogen) atoms. The molecule has 0 amide bonds. The van der Waals surface area contributed by atoms with Gasteiger partial charge < -0.3 is 23.7 Å². The Hall–Kier alpha value is -3.81. The number of ether oxygens (including phenoxy) is 5. The van der Waals surface area contributed by atoms with Crippen molar-refractivity contribution in [3.63, 3.8) is 0 Å². The van der Waals surface area contributed by atoms with Crippen molar-refractivity contribution in [1.29, 1.82) is 0 Å². The van der Waals surface area contributed by atoms with Crippen molar-refractivity contribution in [1.82, 2.24) is 4.57 Å². The number of allylic oxidation sites excluding steroid dienone is 1. The molecule has 0 saturated heterocycles. The zero-order valence-electron chi connectivity index (χ0n) is 26.8. The minimum atomic E-state index is -0.800. The molecular formula is C35H34ClIN2O7S. The van der Waals surface area contributed by atoms with Gasteiger partial charge >= 0.3 is 5.97 Å². The van der Waals surface area contributed by atoms with Gasteiger partial charge in [-0.2, -0.15) is 0 Å². The van der Waals surface area contributed by atoms with Gasteiger partial charge in [0.15, 0.2) is 27.8 Å². The lowest BCUT2D eigenvalue weighted by Gasteiger charge is -2.25. The molecule has 0 spiro atoms. The van der Waals surface area contributed by atoms with Gasteiger partial charge in [-0.15, -0.1) is 0 Å². The molecule has 12 heteroatoms. The van der Waals surface area contributed by atoms with E-state index < -0.39 is 12.0 Å². The lowest BCUT2D eigenvalue weighted by atomic mass is 9.95. The molecule has 246 valence electrons. The first-order valence-corrected chi connectivity index (χ1v) is 17.1. The Balaban J connectivity index is 1.60. The van der Waals surface area contributed by atoms with E-state index in [2.05, 4.69) is 27.6 Å². The highest BCUT2D eigenvalue weighted by atomic mass is 127. The van der Waals surface area contributed by atoms with Crippen LogP contribution in [0.4, 0.5) is 0 Å². The largest absolute Gasteiger partial charge is 0.493 e. The highest BCUT2D eigenvalue weighted by Gasteiger charge is 2.34. The van der Waals surface area contributed by atoms with Gasteiger partial charge in [-0.3, -0.25) is 9.36 Å². The number of fused-ring (bicyclic) bond motifs is 1.